The van der Waals surface area contributed by atoms with Gasteiger partial charge < -0.3 is 15.4 Å². The number of alkyl carbamates (subject to hydrolysis) is 1. The van der Waals surface area contributed by atoms with Crippen LogP contribution < -0.4 is 10.6 Å². The van der Waals surface area contributed by atoms with Crippen LogP contribution in [0.2, 0.25) is 0 Å². The van der Waals surface area contributed by atoms with Gasteiger partial charge in [0.15, 0.2) is 5.78 Å². The number of aromatic nitrogens is 1. The lowest BCUT2D eigenvalue weighted by Gasteiger charge is -2.20. The summed E-state index contributed by atoms with van der Waals surface area (Å²) in [4.78, 5) is 42.8. The van der Waals surface area contributed by atoms with E-state index < -0.39 is 17.7 Å². The van der Waals surface area contributed by atoms with Gasteiger partial charge in [0.1, 0.15) is 10.6 Å². The fraction of sp³-hybridized carbons (Fsp3) is 0.357. The summed E-state index contributed by atoms with van der Waals surface area (Å²) in [5.41, 5.74) is 2.43. The first-order valence-electron chi connectivity index (χ1n) is 12.0. The Kier molecular flexibility index (Phi) is 10.3. The van der Waals surface area contributed by atoms with E-state index in [1.165, 1.54) is 11.3 Å². The van der Waals surface area contributed by atoms with Crippen LogP contribution in [0.4, 0.5) is 4.79 Å². The molecule has 9 heteroatoms. The SMILES string of the molecule is CSCC[C@H](NC(=O)c1cccc(CNC(=O)OC(C)(C)C)c1)C(=O)Cc1nc(-c2ccccc2)cs1. The van der Waals surface area contributed by atoms with Crippen molar-refractivity contribution in [2.24, 2.45) is 0 Å². The Morgan fingerprint density at radius 1 is 1.08 bits per heavy atom. The second kappa shape index (κ2) is 13.4. The minimum absolute atomic E-state index is 0.0703. The molecule has 0 radical (unpaired) electrons. The zero-order chi connectivity index (χ0) is 26.8. The minimum Gasteiger partial charge on any atom is -0.444 e. The second-order valence-corrected chi connectivity index (χ2v) is 11.4. The summed E-state index contributed by atoms with van der Waals surface area (Å²) in [7, 11) is 0. The molecular weight excluding hydrogens is 506 g/mol. The molecule has 0 aliphatic heterocycles. The Morgan fingerprint density at radius 2 is 1.84 bits per heavy atom. The third kappa shape index (κ3) is 9.33. The standard InChI is InChI=1S/C28H33N3O4S2/c1-28(2,3)35-27(34)29-17-19-9-8-12-21(15-19)26(33)31-22(13-14-36-4)24(32)16-25-30-23(18-37-25)20-10-6-5-7-11-20/h5-12,15,18,22H,13-14,16-17H2,1-4H3,(H,29,34)(H,31,33)/t22-/m0/s1. The number of ketones is 1. The fourth-order valence-corrected chi connectivity index (χ4v) is 4.79. The van der Waals surface area contributed by atoms with Crippen molar-refractivity contribution >= 4 is 40.9 Å². The van der Waals surface area contributed by atoms with Crippen LogP contribution >= 0.6 is 23.1 Å². The van der Waals surface area contributed by atoms with Gasteiger partial charge in [-0.3, -0.25) is 9.59 Å². The van der Waals surface area contributed by atoms with E-state index >= 15 is 0 Å². The van der Waals surface area contributed by atoms with Gasteiger partial charge in [0.2, 0.25) is 0 Å². The average molecular weight is 540 g/mol. The molecule has 1 aromatic heterocycles. The van der Waals surface area contributed by atoms with E-state index in [1.54, 1.807) is 50.7 Å². The lowest BCUT2D eigenvalue weighted by molar-refractivity contribution is -0.120. The molecule has 0 spiro atoms. The maximum atomic E-state index is 13.2. The van der Waals surface area contributed by atoms with Gasteiger partial charge in [-0.15, -0.1) is 11.3 Å². The van der Waals surface area contributed by atoms with Crippen LogP contribution in [0.3, 0.4) is 0 Å². The monoisotopic (exact) mass is 539 g/mol. The number of carbonyl (C=O) groups excluding carboxylic acids is 3. The van der Waals surface area contributed by atoms with Crippen LogP contribution in [0.15, 0.2) is 60.0 Å². The van der Waals surface area contributed by atoms with Gasteiger partial charge in [0.25, 0.3) is 5.91 Å². The number of rotatable bonds is 11. The molecule has 1 heterocycles. The predicted molar refractivity (Wildman–Crippen MR) is 150 cm³/mol. The molecule has 3 aromatic rings. The number of thiazole rings is 1. The third-order valence-corrected chi connectivity index (χ3v) is 6.77. The number of hydrogen-bond acceptors (Lipinski definition) is 7. The summed E-state index contributed by atoms with van der Waals surface area (Å²) in [6.07, 6.45) is 2.14. The number of carbonyl (C=O) groups is 3. The van der Waals surface area contributed by atoms with Gasteiger partial charge >= 0.3 is 6.09 Å². The van der Waals surface area contributed by atoms with E-state index in [2.05, 4.69) is 15.6 Å². The van der Waals surface area contributed by atoms with Crippen LogP contribution in [-0.4, -0.2) is 46.4 Å². The van der Waals surface area contributed by atoms with Crippen molar-refractivity contribution in [2.75, 3.05) is 12.0 Å². The van der Waals surface area contributed by atoms with E-state index in [0.29, 0.717) is 12.0 Å². The van der Waals surface area contributed by atoms with Crippen LogP contribution in [0.25, 0.3) is 11.3 Å². The van der Waals surface area contributed by atoms with Crippen molar-refractivity contribution in [1.82, 2.24) is 15.6 Å². The van der Waals surface area contributed by atoms with E-state index in [-0.39, 0.29) is 24.7 Å². The summed E-state index contributed by atoms with van der Waals surface area (Å²) in [5.74, 6) is 0.339. The molecule has 0 unspecified atom stereocenters. The van der Waals surface area contributed by atoms with Crippen molar-refractivity contribution in [3.8, 4) is 11.3 Å². The Labute approximate surface area is 226 Å². The Hall–Kier alpha value is -3.17. The Bertz CT molecular complexity index is 1210. The van der Waals surface area contributed by atoms with Gasteiger partial charge in [-0.05, 0) is 56.9 Å². The highest BCUT2D eigenvalue weighted by atomic mass is 32.2. The summed E-state index contributed by atoms with van der Waals surface area (Å²) < 4.78 is 5.26. The molecule has 0 aliphatic rings. The van der Waals surface area contributed by atoms with Gasteiger partial charge in [-0.2, -0.15) is 11.8 Å². The molecule has 0 aliphatic carbocycles. The van der Waals surface area contributed by atoms with Crippen LogP contribution in [0.5, 0.6) is 0 Å². The summed E-state index contributed by atoms with van der Waals surface area (Å²) in [6, 6.07) is 16.2. The van der Waals surface area contributed by atoms with E-state index in [0.717, 1.165) is 27.6 Å². The van der Waals surface area contributed by atoms with Crippen molar-refractivity contribution in [3.63, 3.8) is 0 Å². The largest absolute Gasteiger partial charge is 0.444 e. The molecule has 2 amide bonds. The molecule has 196 valence electrons. The Morgan fingerprint density at radius 3 is 2.54 bits per heavy atom. The molecule has 0 saturated heterocycles. The first-order valence-corrected chi connectivity index (χ1v) is 14.3. The van der Waals surface area contributed by atoms with E-state index in [9.17, 15) is 14.4 Å². The van der Waals surface area contributed by atoms with Crippen LogP contribution in [0.1, 0.15) is 48.1 Å². The zero-order valence-corrected chi connectivity index (χ0v) is 23.2. The normalized spacial score (nSPS) is 12.0. The number of nitrogens with one attached hydrogen (secondary N) is 2. The highest BCUT2D eigenvalue weighted by Gasteiger charge is 2.23. The molecule has 0 bridgehead atoms. The number of amides is 2. The van der Waals surface area contributed by atoms with Crippen LogP contribution in [-0.2, 0) is 22.5 Å². The van der Waals surface area contributed by atoms with Crippen molar-refractivity contribution in [2.45, 2.75) is 51.8 Å². The van der Waals surface area contributed by atoms with Crippen molar-refractivity contribution in [3.05, 3.63) is 76.1 Å². The molecule has 0 saturated carbocycles. The smallest absolute Gasteiger partial charge is 0.407 e. The Balaban J connectivity index is 1.63. The first kappa shape index (κ1) is 28.4. The quantitative estimate of drug-likeness (QED) is 0.334. The number of Topliss-reactive ketones (excluding diaryl/α,β-unsaturated/α-hetero) is 1. The maximum Gasteiger partial charge on any atom is 0.407 e. The van der Waals surface area contributed by atoms with Gasteiger partial charge in [-0.1, -0.05) is 42.5 Å². The van der Waals surface area contributed by atoms with Crippen molar-refractivity contribution < 1.29 is 19.1 Å². The molecular formula is C28H33N3O4S2. The lowest BCUT2D eigenvalue weighted by atomic mass is 10.1. The summed E-state index contributed by atoms with van der Waals surface area (Å²) >= 11 is 3.07. The highest BCUT2D eigenvalue weighted by molar-refractivity contribution is 7.98. The minimum atomic E-state index is -0.618. The number of hydrogen-bond donors (Lipinski definition) is 2. The molecule has 0 fully saturated rings. The second-order valence-electron chi connectivity index (χ2n) is 9.50. The molecule has 1 atom stereocenters. The number of benzene rings is 2. The fourth-order valence-electron chi connectivity index (χ4n) is 3.51. The van der Waals surface area contributed by atoms with E-state index in [4.69, 9.17) is 4.74 Å². The van der Waals surface area contributed by atoms with Gasteiger partial charge in [0.05, 0.1) is 18.2 Å². The molecule has 7 nitrogen and oxygen atoms in total. The molecule has 37 heavy (non-hydrogen) atoms. The zero-order valence-electron chi connectivity index (χ0n) is 21.6. The summed E-state index contributed by atoms with van der Waals surface area (Å²) in [6.45, 7) is 5.60. The number of thioether (sulfide) groups is 1. The molecule has 3 rings (SSSR count). The van der Waals surface area contributed by atoms with E-state index in [1.807, 2.05) is 48.0 Å². The summed E-state index contributed by atoms with van der Waals surface area (Å²) in [5, 5.41) is 8.28. The first-order chi connectivity index (χ1) is 17.6. The molecule has 2 N–H and O–H groups in total. The van der Waals surface area contributed by atoms with Gasteiger partial charge in [0, 0.05) is 23.1 Å². The number of nitrogens with zero attached hydrogens (tertiary/aromatic N) is 1. The lowest BCUT2D eigenvalue weighted by Crippen LogP contribution is -2.42. The van der Waals surface area contributed by atoms with Crippen molar-refractivity contribution in [1.29, 1.82) is 0 Å². The average Bonchev–Trinajstić information content (AvgIpc) is 3.33. The topological polar surface area (TPSA) is 97.4 Å². The molecule has 2 aromatic carbocycles. The highest BCUT2D eigenvalue weighted by Crippen LogP contribution is 2.22. The third-order valence-electron chi connectivity index (χ3n) is 5.28. The van der Waals surface area contributed by atoms with Crippen LogP contribution in [0, 0.1) is 0 Å². The van der Waals surface area contributed by atoms with Gasteiger partial charge in [-0.25, -0.2) is 9.78 Å². The number of ether oxygens (including phenoxy) is 1. The predicted octanol–water partition coefficient (Wildman–Crippen LogP) is 5.50. The maximum absolute atomic E-state index is 13.2.